The Balaban J connectivity index is 1.50. The Labute approximate surface area is 189 Å². The minimum Gasteiger partial charge on any atom is -0.497 e. The monoisotopic (exact) mass is 435 g/mol. The molecular weight excluding hydrogens is 402 g/mol. The highest BCUT2D eigenvalue weighted by Gasteiger charge is 2.41. The maximum Gasteiger partial charge on any atom is 0.230 e. The quantitative estimate of drug-likeness (QED) is 0.578. The summed E-state index contributed by atoms with van der Waals surface area (Å²) >= 11 is 0. The van der Waals surface area contributed by atoms with Gasteiger partial charge in [-0.15, -0.1) is 0 Å². The van der Waals surface area contributed by atoms with Crippen molar-refractivity contribution in [3.8, 4) is 5.75 Å². The third-order valence-electron chi connectivity index (χ3n) is 6.34. The maximum absolute atomic E-state index is 13.5. The molecular formula is C26H33N3O3. The number of aromatic nitrogens is 2. The first kappa shape index (κ1) is 22.3. The van der Waals surface area contributed by atoms with Crippen LogP contribution in [0.2, 0.25) is 0 Å². The lowest BCUT2D eigenvalue weighted by molar-refractivity contribution is -0.130. The average molecular weight is 436 g/mol. The first-order valence-corrected chi connectivity index (χ1v) is 11.5. The van der Waals surface area contributed by atoms with E-state index in [4.69, 9.17) is 14.5 Å². The molecule has 0 radical (unpaired) electrons. The van der Waals surface area contributed by atoms with E-state index in [0.29, 0.717) is 44.9 Å². The van der Waals surface area contributed by atoms with Crippen molar-refractivity contribution < 1.29 is 14.3 Å². The van der Waals surface area contributed by atoms with Crippen LogP contribution in [0.3, 0.4) is 0 Å². The minimum absolute atomic E-state index is 0.0671. The molecule has 2 heterocycles. The number of nitrogens with one attached hydrogen (secondary N) is 1. The molecule has 3 aromatic rings. The van der Waals surface area contributed by atoms with E-state index in [1.54, 1.807) is 7.11 Å². The predicted octanol–water partition coefficient (Wildman–Crippen LogP) is 4.11. The van der Waals surface area contributed by atoms with E-state index in [0.717, 1.165) is 34.7 Å². The minimum atomic E-state index is -0.567. The fraction of sp³-hybridized carbons (Fsp3) is 0.462. The van der Waals surface area contributed by atoms with Gasteiger partial charge in [0.25, 0.3) is 0 Å². The number of benzene rings is 2. The lowest BCUT2D eigenvalue weighted by Gasteiger charge is -2.36. The standard InChI is InChI=1S/C26H33N3O3/c1-19(2)18-29-23-7-5-4-6-22(23)28-24(29)12-15-27-25(30)26(13-16-32-17-14-26)20-8-10-21(31-3)11-9-20/h4-11,19H,12-18H2,1-3H3,(H,27,30). The number of fused-ring (bicyclic) bond motifs is 1. The Morgan fingerprint density at radius 3 is 2.56 bits per heavy atom. The SMILES string of the molecule is COc1ccc(C2(C(=O)NCCc3nc4ccccc4n3CC(C)C)CCOCC2)cc1. The molecule has 0 aliphatic carbocycles. The van der Waals surface area contributed by atoms with Crippen molar-refractivity contribution in [1.29, 1.82) is 0 Å². The summed E-state index contributed by atoms with van der Waals surface area (Å²) in [5.41, 5.74) is 2.61. The van der Waals surface area contributed by atoms with Gasteiger partial charge in [-0.3, -0.25) is 4.79 Å². The molecule has 6 nitrogen and oxygen atoms in total. The second-order valence-corrected chi connectivity index (χ2v) is 8.95. The number of carbonyl (C=O) groups excluding carboxylic acids is 1. The van der Waals surface area contributed by atoms with Crippen LogP contribution in [0.4, 0.5) is 0 Å². The van der Waals surface area contributed by atoms with Crippen LogP contribution in [0.5, 0.6) is 5.75 Å². The van der Waals surface area contributed by atoms with E-state index in [-0.39, 0.29) is 5.91 Å². The molecule has 2 aromatic carbocycles. The number of methoxy groups -OCH3 is 1. The number of nitrogens with zero attached hydrogens (tertiary/aromatic N) is 2. The second kappa shape index (κ2) is 9.74. The van der Waals surface area contributed by atoms with Gasteiger partial charge in [-0.2, -0.15) is 0 Å². The van der Waals surface area contributed by atoms with Crippen LogP contribution >= 0.6 is 0 Å². The number of amides is 1. The zero-order chi connectivity index (χ0) is 22.6. The van der Waals surface area contributed by atoms with E-state index >= 15 is 0 Å². The molecule has 1 amide bonds. The van der Waals surface area contributed by atoms with Crippen LogP contribution < -0.4 is 10.1 Å². The molecule has 0 atom stereocenters. The zero-order valence-electron chi connectivity index (χ0n) is 19.3. The first-order chi connectivity index (χ1) is 15.5. The third-order valence-corrected chi connectivity index (χ3v) is 6.34. The van der Waals surface area contributed by atoms with E-state index in [1.165, 1.54) is 0 Å². The summed E-state index contributed by atoms with van der Waals surface area (Å²) < 4.78 is 13.2. The van der Waals surface area contributed by atoms with Crippen molar-refractivity contribution in [2.45, 2.75) is 45.1 Å². The summed E-state index contributed by atoms with van der Waals surface area (Å²) in [5.74, 6) is 2.39. The van der Waals surface area contributed by atoms with E-state index in [9.17, 15) is 4.79 Å². The highest BCUT2D eigenvalue weighted by Crippen LogP contribution is 2.36. The third kappa shape index (κ3) is 4.51. The molecule has 1 aliphatic rings. The van der Waals surface area contributed by atoms with Crippen molar-refractivity contribution >= 4 is 16.9 Å². The molecule has 1 aliphatic heterocycles. The summed E-state index contributed by atoms with van der Waals surface area (Å²) in [6.07, 6.45) is 2.05. The Hall–Kier alpha value is -2.86. The molecule has 1 aromatic heterocycles. The number of para-hydroxylation sites is 2. The number of imidazole rings is 1. The predicted molar refractivity (Wildman–Crippen MR) is 126 cm³/mol. The number of hydrogen-bond acceptors (Lipinski definition) is 4. The number of carbonyl (C=O) groups is 1. The number of hydrogen-bond donors (Lipinski definition) is 1. The molecule has 0 spiro atoms. The van der Waals surface area contributed by atoms with Crippen molar-refractivity contribution in [1.82, 2.24) is 14.9 Å². The molecule has 0 bridgehead atoms. The van der Waals surface area contributed by atoms with Gasteiger partial charge in [0.2, 0.25) is 5.91 Å². The number of rotatable bonds is 8. The van der Waals surface area contributed by atoms with Crippen LogP contribution in [0.1, 0.15) is 38.1 Å². The Morgan fingerprint density at radius 2 is 1.88 bits per heavy atom. The van der Waals surface area contributed by atoms with Crippen LogP contribution in [0, 0.1) is 5.92 Å². The zero-order valence-corrected chi connectivity index (χ0v) is 19.3. The molecule has 1 N–H and O–H groups in total. The Morgan fingerprint density at radius 1 is 1.16 bits per heavy atom. The van der Waals surface area contributed by atoms with Crippen molar-refractivity contribution in [2.75, 3.05) is 26.9 Å². The summed E-state index contributed by atoms with van der Waals surface area (Å²) in [6, 6.07) is 16.1. The van der Waals surface area contributed by atoms with Crippen LogP contribution in [0.15, 0.2) is 48.5 Å². The van der Waals surface area contributed by atoms with Gasteiger partial charge in [0.1, 0.15) is 11.6 Å². The number of ether oxygens (including phenoxy) is 2. The Kier molecular flexibility index (Phi) is 6.80. The van der Waals surface area contributed by atoms with Crippen LogP contribution in [-0.4, -0.2) is 42.3 Å². The fourth-order valence-electron chi connectivity index (χ4n) is 4.62. The van der Waals surface area contributed by atoms with Crippen molar-refractivity contribution in [3.63, 3.8) is 0 Å². The summed E-state index contributed by atoms with van der Waals surface area (Å²) in [7, 11) is 1.65. The van der Waals surface area contributed by atoms with Gasteiger partial charge in [-0.1, -0.05) is 38.1 Å². The summed E-state index contributed by atoms with van der Waals surface area (Å²) in [4.78, 5) is 18.3. The first-order valence-electron chi connectivity index (χ1n) is 11.5. The van der Waals surface area contributed by atoms with Gasteiger partial charge in [0.05, 0.1) is 23.6 Å². The smallest absolute Gasteiger partial charge is 0.230 e. The average Bonchev–Trinajstić information content (AvgIpc) is 3.16. The lowest BCUT2D eigenvalue weighted by atomic mass is 9.73. The molecule has 1 fully saturated rings. The van der Waals surface area contributed by atoms with Gasteiger partial charge in [0.15, 0.2) is 0 Å². The summed E-state index contributed by atoms with van der Waals surface area (Å²) in [6.45, 7) is 7.07. The molecule has 0 saturated carbocycles. The van der Waals surface area contributed by atoms with E-state index in [2.05, 4.69) is 41.9 Å². The van der Waals surface area contributed by atoms with Gasteiger partial charge in [-0.25, -0.2) is 4.98 Å². The van der Waals surface area contributed by atoms with Crippen LogP contribution in [0.25, 0.3) is 11.0 Å². The van der Waals surface area contributed by atoms with E-state index in [1.807, 2.05) is 30.3 Å². The highest BCUT2D eigenvalue weighted by molar-refractivity contribution is 5.88. The van der Waals surface area contributed by atoms with Gasteiger partial charge >= 0.3 is 0 Å². The maximum atomic E-state index is 13.5. The highest BCUT2D eigenvalue weighted by atomic mass is 16.5. The molecule has 0 unspecified atom stereocenters. The lowest BCUT2D eigenvalue weighted by Crippen LogP contribution is -2.48. The molecule has 32 heavy (non-hydrogen) atoms. The second-order valence-electron chi connectivity index (χ2n) is 8.95. The van der Waals surface area contributed by atoms with Gasteiger partial charge < -0.3 is 19.4 Å². The van der Waals surface area contributed by atoms with Gasteiger partial charge in [0, 0.05) is 32.7 Å². The molecule has 170 valence electrons. The summed E-state index contributed by atoms with van der Waals surface area (Å²) in [5, 5.41) is 3.21. The molecule has 4 rings (SSSR count). The van der Waals surface area contributed by atoms with E-state index < -0.39 is 5.41 Å². The normalized spacial score (nSPS) is 15.8. The van der Waals surface area contributed by atoms with Crippen molar-refractivity contribution in [3.05, 3.63) is 59.9 Å². The van der Waals surface area contributed by atoms with Crippen LogP contribution in [-0.2, 0) is 27.9 Å². The van der Waals surface area contributed by atoms with Gasteiger partial charge in [-0.05, 0) is 48.6 Å². The Bertz CT molecular complexity index is 1050. The fourth-order valence-corrected chi connectivity index (χ4v) is 4.62. The molecule has 6 heteroatoms. The topological polar surface area (TPSA) is 65.4 Å². The largest absolute Gasteiger partial charge is 0.497 e. The molecule has 1 saturated heterocycles. The van der Waals surface area contributed by atoms with Crippen molar-refractivity contribution in [2.24, 2.45) is 5.92 Å².